The van der Waals surface area contributed by atoms with Crippen molar-refractivity contribution in [2.24, 2.45) is 20.4 Å². The fourth-order valence-corrected chi connectivity index (χ4v) is 14.2. The average molecular weight is 1920 g/mol. The van der Waals surface area contributed by atoms with Crippen molar-refractivity contribution in [3.8, 4) is 0 Å². The number of pyridine rings is 2. The zero-order valence-corrected chi connectivity index (χ0v) is 75.4. The molecule has 4 fully saturated rings. The van der Waals surface area contributed by atoms with Gasteiger partial charge in [-0.1, -0.05) is 43.3 Å². The zero-order chi connectivity index (χ0) is 98.1. The van der Waals surface area contributed by atoms with Crippen molar-refractivity contribution in [1.82, 2.24) is 49.8 Å². The molecular formula is C94H96F14N26O4. The van der Waals surface area contributed by atoms with Crippen LogP contribution < -0.4 is 62.6 Å². The van der Waals surface area contributed by atoms with Crippen molar-refractivity contribution in [2.75, 3.05) is 148 Å². The fraction of sp³-hybridized carbons (Fsp3) is 0.298. The number of alkyl halides is 12. The standard InChI is InChI=1S/C25H26F4N6O.C24H24F4N6O.C23H24F3N7O.C22H22F3N7O/c1-3-21-15-36-10-9-35(21)23-22(26)14-30-24(33-23)34-31-13-17-7-8-20(11-16(17)2)32-19-6-4-5-18(12-19)25(27,28)29;1-15-10-20(31-19-5-3-4-18(11-19)24(26,27)28)7-6-17(15)12-30-33-23-29-13-21(25)22(32-23)34-8-9-35-14-16(34)2;1-15-10-21(33-8-9-34-16(2)14-33)31-22(29-15)32-28-13-19-6-7-20(12-27-19)30-18-5-3-4-17(11-18)23(24,25)26;1-15-11-20(32-7-9-33-10-8-32)30-21(28-15)31-27-14-18-5-6-19(13-26-18)29-17-4-2-3-16(12-17)22(23,24)25/h4-8,11-14,21,32H,3,9-10,15H2,1-2H3,(H,30,33,34);3-7,10-13,16,31H,8-9,14H2,1-2H3,(H,29,32,33);3-7,10-13,16,30H,8-9,14H2,1-2H3,(H,29,31,32);2-6,11-14,29H,7-10H2,1H3,(H,28,30,31)/b31-13+;30-12+;28-13+;27-14+. The first-order chi connectivity index (χ1) is 66.1. The molecule has 6 aromatic heterocycles. The lowest BCUT2D eigenvalue weighted by molar-refractivity contribution is -0.138. The third-order valence-corrected chi connectivity index (χ3v) is 21.1. The lowest BCUT2D eigenvalue weighted by Crippen LogP contribution is -2.46. The fourth-order valence-electron chi connectivity index (χ4n) is 14.2. The van der Waals surface area contributed by atoms with Crippen LogP contribution in [-0.2, 0) is 43.7 Å². The molecular weight excluding hydrogens is 1820 g/mol. The average Bonchev–Trinajstić information content (AvgIpc) is 1.41. The number of aromatic nitrogens is 10. The van der Waals surface area contributed by atoms with E-state index < -0.39 is 58.6 Å². The van der Waals surface area contributed by atoms with Crippen molar-refractivity contribution in [2.45, 2.75) is 97.8 Å². The topological polar surface area (TPSA) is 324 Å². The Labute approximate surface area is 784 Å². The van der Waals surface area contributed by atoms with Gasteiger partial charge in [0.15, 0.2) is 23.3 Å². The second-order valence-electron chi connectivity index (χ2n) is 31.7. The maximum atomic E-state index is 14.4. The number of nitrogens with zero attached hydrogens (tertiary/aromatic N) is 18. The van der Waals surface area contributed by atoms with Gasteiger partial charge in [0.1, 0.15) is 11.6 Å². The number of morpholine rings is 4. The molecule has 12 aromatic rings. The number of ether oxygens (including phenoxy) is 4. The highest BCUT2D eigenvalue weighted by Crippen LogP contribution is 2.37. The van der Waals surface area contributed by atoms with Crippen LogP contribution >= 0.6 is 0 Å². The number of hydrogen-bond donors (Lipinski definition) is 8. The van der Waals surface area contributed by atoms with E-state index in [2.05, 4.69) is 123 Å². The quantitative estimate of drug-likeness (QED) is 0.0150. The largest absolute Gasteiger partial charge is 0.416 e. The Morgan fingerprint density at radius 1 is 0.377 bits per heavy atom. The molecule has 30 nitrogen and oxygen atoms in total. The third kappa shape index (κ3) is 29.5. The van der Waals surface area contributed by atoms with Crippen molar-refractivity contribution >= 4 is 117 Å². The molecule has 6 aromatic carbocycles. The highest BCUT2D eigenvalue weighted by molar-refractivity contribution is 5.85. The summed E-state index contributed by atoms with van der Waals surface area (Å²) in [6.45, 7) is 21.5. The summed E-state index contributed by atoms with van der Waals surface area (Å²) in [5.41, 5.74) is 17.9. The molecule has 0 radical (unpaired) electrons. The molecule has 138 heavy (non-hydrogen) atoms. The van der Waals surface area contributed by atoms with Gasteiger partial charge in [-0.25, -0.2) is 50.4 Å². The van der Waals surface area contributed by atoms with E-state index in [1.165, 1.54) is 49.1 Å². The number of aryl methyl sites for hydroxylation is 4. The van der Waals surface area contributed by atoms with E-state index in [0.29, 0.717) is 128 Å². The summed E-state index contributed by atoms with van der Waals surface area (Å²) < 4.78 is 205. The SMILES string of the molecule is CCC1COCCN1c1nc(N/N=C/c2ccc(Nc3cccc(C(F)(F)F)c3)cc2C)ncc1F.Cc1cc(N2CCOC(C)C2)nc(N/N=C/c2ccc(Nc3cccc(C(F)(F)F)c3)cn2)n1.Cc1cc(N2CCOCC2)nc(N/N=C/c2ccc(Nc3cccc(C(F)(F)F)c3)cn2)n1.Cc1cc(Nc2cccc(C(F)(F)F)c2)ccc1/C=N/Nc1ncc(F)c(N2CCOCC2C)n1. The van der Waals surface area contributed by atoms with Gasteiger partial charge in [0.05, 0.1) is 159 Å². The van der Waals surface area contributed by atoms with Gasteiger partial charge in [-0.2, -0.15) is 93.0 Å². The van der Waals surface area contributed by atoms with Crippen molar-refractivity contribution in [1.29, 1.82) is 0 Å². The molecule has 4 aliphatic rings. The molecule has 4 aliphatic heterocycles. The van der Waals surface area contributed by atoms with Gasteiger partial charge < -0.3 is 59.8 Å². The van der Waals surface area contributed by atoms with Crippen LogP contribution in [0.3, 0.4) is 0 Å². The molecule has 3 atom stereocenters. The summed E-state index contributed by atoms with van der Waals surface area (Å²) in [7, 11) is 0. The monoisotopic (exact) mass is 1920 g/mol. The summed E-state index contributed by atoms with van der Waals surface area (Å²) >= 11 is 0. The second kappa shape index (κ2) is 46.6. The van der Waals surface area contributed by atoms with Crippen LogP contribution in [0.2, 0.25) is 0 Å². The Hall–Kier alpha value is -14.9. The van der Waals surface area contributed by atoms with Gasteiger partial charge in [0.25, 0.3) is 0 Å². The van der Waals surface area contributed by atoms with Crippen LogP contribution in [-0.4, -0.2) is 178 Å². The van der Waals surface area contributed by atoms with E-state index in [0.717, 1.165) is 139 Å². The maximum Gasteiger partial charge on any atom is 0.416 e. The lowest BCUT2D eigenvalue weighted by atomic mass is 10.1. The summed E-state index contributed by atoms with van der Waals surface area (Å²) in [5.74, 6) is 2.03. The van der Waals surface area contributed by atoms with Crippen LogP contribution in [0.15, 0.2) is 215 Å². The first-order valence-corrected chi connectivity index (χ1v) is 43.3. The molecule has 3 unspecified atom stereocenters. The molecule has 0 bridgehead atoms. The number of halogens is 14. The van der Waals surface area contributed by atoms with Crippen LogP contribution in [0.1, 0.15) is 94.5 Å². The smallest absolute Gasteiger partial charge is 0.378 e. The molecule has 16 rings (SSSR count). The Balaban J connectivity index is 0.000000155. The zero-order valence-electron chi connectivity index (χ0n) is 75.4. The van der Waals surface area contributed by atoms with E-state index in [-0.39, 0.29) is 41.7 Å². The van der Waals surface area contributed by atoms with Crippen molar-refractivity contribution < 1.29 is 80.4 Å². The van der Waals surface area contributed by atoms with Crippen LogP contribution in [0, 0.1) is 39.3 Å². The molecule has 724 valence electrons. The Morgan fingerprint density at radius 3 is 1.16 bits per heavy atom. The Bertz CT molecular complexity index is 6200. The number of nitrogens with one attached hydrogen (secondary N) is 8. The predicted molar refractivity (Wildman–Crippen MR) is 503 cm³/mol. The van der Waals surface area contributed by atoms with E-state index in [4.69, 9.17) is 18.9 Å². The molecule has 4 saturated heterocycles. The van der Waals surface area contributed by atoms with Gasteiger partial charge in [0, 0.05) is 96.9 Å². The number of anilines is 16. The molecule has 0 aliphatic carbocycles. The van der Waals surface area contributed by atoms with Crippen LogP contribution in [0.5, 0.6) is 0 Å². The molecule has 0 spiro atoms. The third-order valence-electron chi connectivity index (χ3n) is 21.1. The Morgan fingerprint density at radius 2 is 0.754 bits per heavy atom. The Kier molecular flexibility index (Phi) is 33.9. The molecule has 0 amide bonds. The second-order valence-corrected chi connectivity index (χ2v) is 31.7. The first kappa shape index (κ1) is 101. The van der Waals surface area contributed by atoms with E-state index in [9.17, 15) is 61.5 Å². The summed E-state index contributed by atoms with van der Waals surface area (Å²) in [4.78, 5) is 50.7. The number of hydrogen-bond acceptors (Lipinski definition) is 30. The van der Waals surface area contributed by atoms with E-state index in [1.54, 1.807) is 97.4 Å². The highest BCUT2D eigenvalue weighted by Gasteiger charge is 2.35. The van der Waals surface area contributed by atoms with Gasteiger partial charge in [-0.05, 0) is 192 Å². The molecule has 44 heteroatoms. The lowest BCUT2D eigenvalue weighted by Gasteiger charge is -2.36. The van der Waals surface area contributed by atoms with Gasteiger partial charge in [-0.15, -0.1) is 0 Å². The summed E-state index contributed by atoms with van der Waals surface area (Å²) in [6.07, 6.45) is -5.28. The summed E-state index contributed by atoms with van der Waals surface area (Å²) in [5, 5.41) is 28.4. The number of benzene rings is 6. The number of hydrazone groups is 4. The van der Waals surface area contributed by atoms with Gasteiger partial charge in [-0.3, -0.25) is 9.97 Å². The van der Waals surface area contributed by atoms with Crippen LogP contribution in [0.25, 0.3) is 0 Å². The molecule has 8 N–H and O–H groups in total. The molecule has 10 heterocycles. The maximum absolute atomic E-state index is 14.4. The van der Waals surface area contributed by atoms with Crippen LogP contribution in [0.4, 0.5) is 154 Å². The van der Waals surface area contributed by atoms with E-state index >= 15 is 0 Å². The predicted octanol–water partition coefficient (Wildman–Crippen LogP) is 19.9. The normalized spacial score (nSPS) is 16.0. The van der Waals surface area contributed by atoms with Gasteiger partial charge >= 0.3 is 24.7 Å². The van der Waals surface area contributed by atoms with E-state index in [1.807, 2.05) is 70.4 Å². The minimum Gasteiger partial charge on any atom is -0.378 e. The molecule has 0 saturated carbocycles. The van der Waals surface area contributed by atoms with Crippen molar-refractivity contribution in [3.05, 3.63) is 274 Å². The summed E-state index contributed by atoms with van der Waals surface area (Å²) in [6, 6.07) is 41.3. The highest BCUT2D eigenvalue weighted by atomic mass is 19.4. The number of rotatable bonds is 25. The first-order valence-electron chi connectivity index (χ1n) is 43.3. The minimum absolute atomic E-state index is 0.0183. The van der Waals surface area contributed by atoms with Crippen molar-refractivity contribution in [3.63, 3.8) is 0 Å². The van der Waals surface area contributed by atoms with Gasteiger partial charge in [0.2, 0.25) is 23.8 Å². The minimum atomic E-state index is -4.41.